The molecular weight excluding hydrogens is 442 g/mol. The quantitative estimate of drug-likeness (QED) is 0.412. The highest BCUT2D eigenvalue weighted by atomic mass is 32.2. The molecule has 1 aliphatic carbocycles. The molecule has 1 fully saturated rings. The van der Waals surface area contributed by atoms with Crippen molar-refractivity contribution in [3.63, 3.8) is 0 Å². The Morgan fingerprint density at radius 3 is 2.33 bits per heavy atom. The van der Waals surface area contributed by atoms with E-state index in [-0.39, 0.29) is 6.10 Å². The molecule has 0 aliphatic heterocycles. The van der Waals surface area contributed by atoms with Gasteiger partial charge in [-0.1, -0.05) is 18.6 Å². The molecule has 0 saturated heterocycles. The maximum atomic E-state index is 5.71. The van der Waals surface area contributed by atoms with Crippen LogP contribution >= 0.6 is 11.9 Å². The zero-order valence-electron chi connectivity index (χ0n) is 19.3. The fourth-order valence-corrected chi connectivity index (χ4v) is 4.75. The summed E-state index contributed by atoms with van der Waals surface area (Å²) in [4.78, 5) is 4.55. The summed E-state index contributed by atoms with van der Waals surface area (Å²) in [6.07, 6.45) is 3.92. The summed E-state index contributed by atoms with van der Waals surface area (Å²) in [7, 11) is 6.60. The van der Waals surface area contributed by atoms with E-state index >= 15 is 0 Å². The van der Waals surface area contributed by atoms with E-state index in [0.717, 1.165) is 5.75 Å². The smallest absolute Gasteiger partial charge is 0.239 e. The van der Waals surface area contributed by atoms with Crippen LogP contribution in [-0.4, -0.2) is 60.0 Å². The second kappa shape index (κ2) is 10.8. The molecule has 0 radical (unpaired) electrons. The number of ether oxygens (including phenoxy) is 4. The summed E-state index contributed by atoms with van der Waals surface area (Å²) in [6.45, 7) is 0. The predicted molar refractivity (Wildman–Crippen MR) is 128 cm³/mol. The van der Waals surface area contributed by atoms with E-state index < -0.39 is 0 Å². The number of methoxy groups -OCH3 is 4. The second-order valence-electron chi connectivity index (χ2n) is 7.64. The van der Waals surface area contributed by atoms with Crippen LogP contribution in [0.5, 0.6) is 17.4 Å². The summed E-state index contributed by atoms with van der Waals surface area (Å²) >= 11 is 1.54. The third-order valence-corrected chi connectivity index (χ3v) is 6.66. The van der Waals surface area contributed by atoms with Gasteiger partial charge in [0.15, 0.2) is 5.82 Å². The van der Waals surface area contributed by atoms with Gasteiger partial charge in [0.05, 0.1) is 27.4 Å². The zero-order valence-corrected chi connectivity index (χ0v) is 20.1. The fourth-order valence-electron chi connectivity index (χ4n) is 3.83. The molecule has 1 aromatic carbocycles. The van der Waals surface area contributed by atoms with E-state index in [1.807, 2.05) is 34.9 Å². The van der Waals surface area contributed by atoms with Crippen LogP contribution in [0.1, 0.15) is 19.3 Å². The minimum Gasteiger partial charge on any atom is -0.494 e. The average molecular weight is 472 g/mol. The van der Waals surface area contributed by atoms with Crippen molar-refractivity contribution in [3.05, 3.63) is 36.4 Å². The minimum atomic E-state index is 0.202. The van der Waals surface area contributed by atoms with Gasteiger partial charge in [0.25, 0.3) is 0 Å². The van der Waals surface area contributed by atoms with Crippen LogP contribution in [-0.2, 0) is 4.74 Å². The van der Waals surface area contributed by atoms with E-state index in [1.165, 1.54) is 19.3 Å². The van der Waals surface area contributed by atoms with Crippen molar-refractivity contribution in [1.29, 1.82) is 0 Å². The molecule has 1 aliphatic rings. The molecular formula is C23H29N5O4S. The van der Waals surface area contributed by atoms with E-state index in [0.29, 0.717) is 46.5 Å². The lowest BCUT2D eigenvalue weighted by molar-refractivity contribution is 0.0365. The van der Waals surface area contributed by atoms with E-state index in [2.05, 4.69) is 19.9 Å². The number of nitrogens with one attached hydrogen (secondary N) is 1. The number of para-hydroxylation sites is 1. The van der Waals surface area contributed by atoms with Crippen LogP contribution in [0.4, 0.5) is 5.95 Å². The molecule has 1 atom stereocenters. The summed E-state index contributed by atoms with van der Waals surface area (Å²) in [6, 6.07) is 11.1. The number of aromatic nitrogens is 4. The Morgan fingerprint density at radius 1 is 1.00 bits per heavy atom. The normalized spacial score (nSPS) is 14.4. The van der Waals surface area contributed by atoms with Gasteiger partial charge in [0, 0.05) is 18.9 Å². The molecule has 1 unspecified atom stereocenters. The first kappa shape index (κ1) is 23.2. The van der Waals surface area contributed by atoms with Crippen molar-refractivity contribution in [2.75, 3.05) is 38.9 Å². The average Bonchev–Trinajstić information content (AvgIpc) is 3.24. The van der Waals surface area contributed by atoms with Gasteiger partial charge in [-0.3, -0.25) is 9.29 Å². The number of pyridine rings is 1. The van der Waals surface area contributed by atoms with Crippen LogP contribution < -0.4 is 18.9 Å². The van der Waals surface area contributed by atoms with Gasteiger partial charge >= 0.3 is 0 Å². The fraction of sp³-hybridized carbons (Fsp3) is 0.435. The van der Waals surface area contributed by atoms with Gasteiger partial charge in [-0.25, -0.2) is 4.98 Å². The molecule has 10 heteroatoms. The molecule has 0 amide bonds. The van der Waals surface area contributed by atoms with Crippen LogP contribution in [0.15, 0.2) is 36.4 Å². The Hall–Kier alpha value is -2.98. The summed E-state index contributed by atoms with van der Waals surface area (Å²) in [5.74, 6) is 4.21. The SMILES string of the molecule is COc1cccc(-c2nnc(NSCC(OC)C3CCC3)n2-c2c(OC)cccc2OC)n1. The molecule has 176 valence electrons. The summed E-state index contributed by atoms with van der Waals surface area (Å²) < 4.78 is 27.6. The maximum absolute atomic E-state index is 5.71. The number of hydrogen-bond acceptors (Lipinski definition) is 9. The standard InChI is InChI=1S/C23H29N5O4S/c1-29-17-11-7-12-18(30-2)21(17)28-22(16-10-6-13-20(24-16)32-4)25-26-23(28)27-33-14-19(31-3)15-8-5-9-15/h6-7,10-13,15,19H,5,8-9,14H2,1-4H3,(H,26,27). The van der Waals surface area contributed by atoms with Crippen molar-refractivity contribution in [2.45, 2.75) is 25.4 Å². The zero-order chi connectivity index (χ0) is 23.2. The molecule has 33 heavy (non-hydrogen) atoms. The predicted octanol–water partition coefficient (Wildman–Crippen LogP) is 4.23. The van der Waals surface area contributed by atoms with Crippen LogP contribution in [0.25, 0.3) is 17.2 Å². The van der Waals surface area contributed by atoms with Gasteiger partial charge in [0.1, 0.15) is 22.9 Å². The highest BCUT2D eigenvalue weighted by molar-refractivity contribution is 8.00. The Balaban J connectivity index is 1.72. The molecule has 0 spiro atoms. The van der Waals surface area contributed by atoms with Crippen molar-refractivity contribution in [2.24, 2.45) is 5.92 Å². The number of nitrogens with zero attached hydrogens (tertiary/aromatic N) is 4. The van der Waals surface area contributed by atoms with Gasteiger partial charge in [-0.2, -0.15) is 0 Å². The Kier molecular flexibility index (Phi) is 7.56. The Labute approximate surface area is 197 Å². The van der Waals surface area contributed by atoms with Gasteiger partial charge in [-0.15, -0.1) is 10.2 Å². The van der Waals surface area contributed by atoms with Crippen molar-refractivity contribution in [1.82, 2.24) is 19.7 Å². The number of rotatable bonds is 11. The molecule has 2 aromatic heterocycles. The largest absolute Gasteiger partial charge is 0.494 e. The minimum absolute atomic E-state index is 0.202. The van der Waals surface area contributed by atoms with Crippen LogP contribution in [0, 0.1) is 5.92 Å². The molecule has 2 heterocycles. The lowest BCUT2D eigenvalue weighted by Gasteiger charge is -2.32. The second-order valence-corrected chi connectivity index (χ2v) is 8.46. The highest BCUT2D eigenvalue weighted by Gasteiger charge is 2.28. The first-order chi connectivity index (χ1) is 16.2. The van der Waals surface area contributed by atoms with Crippen molar-refractivity contribution < 1.29 is 18.9 Å². The highest BCUT2D eigenvalue weighted by Crippen LogP contribution is 2.38. The van der Waals surface area contributed by atoms with Gasteiger partial charge in [0.2, 0.25) is 11.8 Å². The first-order valence-electron chi connectivity index (χ1n) is 10.8. The Morgan fingerprint density at radius 2 is 1.73 bits per heavy atom. The first-order valence-corrected chi connectivity index (χ1v) is 11.8. The lowest BCUT2D eigenvalue weighted by Crippen LogP contribution is -2.31. The summed E-state index contributed by atoms with van der Waals surface area (Å²) in [5.41, 5.74) is 1.29. The molecule has 0 bridgehead atoms. The summed E-state index contributed by atoms with van der Waals surface area (Å²) in [5, 5.41) is 8.87. The van der Waals surface area contributed by atoms with E-state index in [1.54, 1.807) is 46.5 Å². The third kappa shape index (κ3) is 4.86. The molecule has 9 nitrogen and oxygen atoms in total. The number of anilines is 1. The monoisotopic (exact) mass is 471 g/mol. The maximum Gasteiger partial charge on any atom is 0.239 e. The van der Waals surface area contributed by atoms with Crippen molar-refractivity contribution in [3.8, 4) is 34.6 Å². The molecule has 1 N–H and O–H groups in total. The van der Waals surface area contributed by atoms with Crippen LogP contribution in [0.2, 0.25) is 0 Å². The topological polar surface area (TPSA) is 92.6 Å². The van der Waals surface area contributed by atoms with Gasteiger partial charge < -0.3 is 18.9 Å². The third-order valence-electron chi connectivity index (χ3n) is 5.84. The van der Waals surface area contributed by atoms with Gasteiger partial charge in [-0.05, 0) is 48.9 Å². The molecule has 4 rings (SSSR count). The molecule has 1 saturated carbocycles. The molecule has 3 aromatic rings. The lowest BCUT2D eigenvalue weighted by atomic mass is 9.82. The van der Waals surface area contributed by atoms with E-state index in [9.17, 15) is 0 Å². The van der Waals surface area contributed by atoms with Crippen molar-refractivity contribution >= 4 is 17.9 Å². The Bertz CT molecular complexity index is 1050. The number of hydrogen-bond donors (Lipinski definition) is 1. The number of benzene rings is 1. The van der Waals surface area contributed by atoms with Crippen LogP contribution in [0.3, 0.4) is 0 Å². The van der Waals surface area contributed by atoms with E-state index in [4.69, 9.17) is 18.9 Å².